The molecule has 0 atom stereocenters. The van der Waals surface area contributed by atoms with Gasteiger partial charge in [0.1, 0.15) is 19.7 Å². The Bertz CT molecular complexity index is 595. The third-order valence-electron chi connectivity index (χ3n) is 3.14. The van der Waals surface area contributed by atoms with Crippen molar-refractivity contribution in [2.75, 3.05) is 7.11 Å². The predicted octanol–water partition coefficient (Wildman–Crippen LogP) is 1.67. The fourth-order valence-corrected chi connectivity index (χ4v) is 2.36. The molecule has 1 aromatic carbocycles. The second-order valence-electron chi connectivity index (χ2n) is 3.91. The maximum Gasteiger partial charge on any atom is 0.120 e. The number of hydrogen-bond acceptors (Lipinski definition) is 2. The van der Waals surface area contributed by atoms with Crippen molar-refractivity contribution in [1.29, 1.82) is 5.26 Å². The van der Waals surface area contributed by atoms with Crippen molar-refractivity contribution in [3.05, 3.63) is 29.5 Å². The van der Waals surface area contributed by atoms with Gasteiger partial charge >= 0.3 is 0 Å². The van der Waals surface area contributed by atoms with E-state index in [9.17, 15) is 5.26 Å². The Labute approximate surface area is 102 Å². The highest BCUT2D eigenvalue weighted by Gasteiger charge is 2.14. The lowest BCUT2D eigenvalue weighted by molar-refractivity contribution is 0.415. The van der Waals surface area contributed by atoms with Crippen LogP contribution >= 0.6 is 0 Å². The summed E-state index contributed by atoms with van der Waals surface area (Å²) in [5.41, 5.74) is 2.99. The van der Waals surface area contributed by atoms with E-state index in [4.69, 9.17) is 4.74 Å². The molecule has 0 saturated carbocycles. The molecule has 86 valence electrons. The molecule has 0 aliphatic carbocycles. The molecule has 2 rings (SSSR count). The summed E-state index contributed by atoms with van der Waals surface area (Å²) in [4.78, 5) is 0. The van der Waals surface area contributed by atoms with Gasteiger partial charge in [-0.1, -0.05) is 0 Å². The fraction of sp³-hybridized carbons (Fsp3) is 0.308. The third-order valence-corrected chi connectivity index (χ3v) is 3.14. The number of methoxy groups -OCH3 is 1. The average molecular weight is 226 g/mol. The standard InChI is InChI=1S/C13H15BN2O/c1-3-16-12-6-9(17-2)4-5-10(12)11(8-15)13(16)7-14/h4-6H,3,7,14H2,1-2H3. The molecule has 17 heavy (non-hydrogen) atoms. The largest absolute Gasteiger partial charge is 0.497 e. The lowest BCUT2D eigenvalue weighted by Gasteiger charge is -2.06. The number of hydrogen-bond donors (Lipinski definition) is 0. The van der Waals surface area contributed by atoms with Crippen molar-refractivity contribution >= 4 is 18.7 Å². The van der Waals surface area contributed by atoms with Crippen LogP contribution in [0.2, 0.25) is 0 Å². The van der Waals surface area contributed by atoms with Gasteiger partial charge in [-0.05, 0) is 25.4 Å². The topological polar surface area (TPSA) is 37.9 Å². The van der Waals surface area contributed by atoms with Crippen LogP contribution in [0.5, 0.6) is 5.75 Å². The number of aryl methyl sites for hydroxylation is 1. The van der Waals surface area contributed by atoms with Gasteiger partial charge in [0.25, 0.3) is 0 Å². The van der Waals surface area contributed by atoms with Crippen LogP contribution in [0, 0.1) is 11.3 Å². The molecule has 0 amide bonds. The minimum absolute atomic E-state index is 0.798. The van der Waals surface area contributed by atoms with E-state index >= 15 is 0 Å². The maximum absolute atomic E-state index is 9.29. The number of rotatable bonds is 3. The molecule has 0 bridgehead atoms. The van der Waals surface area contributed by atoms with Gasteiger partial charge in [0.2, 0.25) is 0 Å². The molecule has 3 nitrogen and oxygen atoms in total. The molecular weight excluding hydrogens is 211 g/mol. The van der Waals surface area contributed by atoms with Crippen LogP contribution in [0.1, 0.15) is 18.2 Å². The highest BCUT2D eigenvalue weighted by Crippen LogP contribution is 2.29. The van der Waals surface area contributed by atoms with Crippen molar-refractivity contribution in [2.45, 2.75) is 19.8 Å². The summed E-state index contributed by atoms with van der Waals surface area (Å²) in [7, 11) is 3.74. The maximum atomic E-state index is 9.29. The summed E-state index contributed by atoms with van der Waals surface area (Å²) >= 11 is 0. The molecule has 1 heterocycles. The van der Waals surface area contributed by atoms with Crippen molar-refractivity contribution < 1.29 is 4.74 Å². The van der Waals surface area contributed by atoms with E-state index in [2.05, 4.69) is 25.4 Å². The Balaban J connectivity index is 2.84. The molecule has 0 N–H and O–H groups in total. The second-order valence-corrected chi connectivity index (χ2v) is 3.91. The van der Waals surface area contributed by atoms with E-state index in [1.165, 1.54) is 0 Å². The van der Waals surface area contributed by atoms with E-state index in [-0.39, 0.29) is 0 Å². The van der Waals surface area contributed by atoms with E-state index in [1.807, 2.05) is 18.2 Å². The number of benzene rings is 1. The first-order chi connectivity index (χ1) is 8.26. The molecule has 0 aliphatic rings. The van der Waals surface area contributed by atoms with Crippen LogP contribution in [-0.2, 0) is 12.9 Å². The summed E-state index contributed by atoms with van der Waals surface area (Å²) < 4.78 is 7.43. The van der Waals surface area contributed by atoms with Crippen LogP contribution in [0.25, 0.3) is 10.9 Å². The number of nitriles is 1. The molecular formula is C13H15BN2O. The number of nitrogens with zero attached hydrogens (tertiary/aromatic N) is 2. The van der Waals surface area contributed by atoms with Crippen LogP contribution < -0.4 is 4.74 Å². The van der Waals surface area contributed by atoms with E-state index in [0.717, 1.165) is 40.8 Å². The van der Waals surface area contributed by atoms with Gasteiger partial charge in [0, 0.05) is 23.7 Å². The fourth-order valence-electron chi connectivity index (χ4n) is 2.36. The quantitative estimate of drug-likeness (QED) is 0.746. The van der Waals surface area contributed by atoms with E-state index in [1.54, 1.807) is 7.11 Å². The van der Waals surface area contributed by atoms with E-state index < -0.39 is 0 Å². The molecule has 2 aromatic rings. The third kappa shape index (κ3) is 1.68. The average Bonchev–Trinajstić information content (AvgIpc) is 2.69. The lowest BCUT2D eigenvalue weighted by Crippen LogP contribution is -2.01. The van der Waals surface area contributed by atoms with Gasteiger partial charge in [-0.25, -0.2) is 0 Å². The normalized spacial score (nSPS) is 10.4. The zero-order chi connectivity index (χ0) is 12.4. The SMILES string of the molecule is BCc1c(C#N)c2ccc(OC)cc2n1CC. The van der Waals surface area contributed by atoms with E-state index in [0.29, 0.717) is 0 Å². The highest BCUT2D eigenvalue weighted by atomic mass is 16.5. The Morgan fingerprint density at radius 3 is 2.76 bits per heavy atom. The highest BCUT2D eigenvalue weighted by molar-refractivity contribution is 6.09. The van der Waals surface area contributed by atoms with Gasteiger partial charge in [-0.3, -0.25) is 0 Å². The summed E-state index contributed by atoms with van der Waals surface area (Å²) in [6.45, 7) is 2.97. The predicted molar refractivity (Wildman–Crippen MR) is 71.1 cm³/mol. The lowest BCUT2D eigenvalue weighted by atomic mass is 9.98. The van der Waals surface area contributed by atoms with Crippen molar-refractivity contribution in [2.24, 2.45) is 0 Å². The van der Waals surface area contributed by atoms with Gasteiger partial charge in [0.05, 0.1) is 18.2 Å². The first-order valence-corrected chi connectivity index (χ1v) is 5.86. The summed E-state index contributed by atoms with van der Waals surface area (Å²) in [5, 5.41) is 10.3. The molecule has 0 spiro atoms. The van der Waals surface area contributed by atoms with Crippen LogP contribution in [-0.4, -0.2) is 19.5 Å². The zero-order valence-electron chi connectivity index (χ0n) is 10.4. The molecule has 4 heteroatoms. The van der Waals surface area contributed by atoms with Gasteiger partial charge in [-0.15, -0.1) is 0 Å². The summed E-state index contributed by atoms with van der Waals surface area (Å²) in [5.74, 6) is 0.830. The Morgan fingerprint density at radius 1 is 1.47 bits per heavy atom. The Hall–Kier alpha value is -1.89. The molecule has 0 radical (unpaired) electrons. The minimum Gasteiger partial charge on any atom is -0.497 e. The first-order valence-electron chi connectivity index (χ1n) is 5.86. The zero-order valence-corrected chi connectivity index (χ0v) is 10.4. The second kappa shape index (κ2) is 4.54. The van der Waals surface area contributed by atoms with Crippen molar-refractivity contribution in [3.63, 3.8) is 0 Å². The number of fused-ring (bicyclic) bond motifs is 1. The number of ether oxygens (including phenoxy) is 1. The van der Waals surface area contributed by atoms with Crippen LogP contribution in [0.4, 0.5) is 0 Å². The first kappa shape index (κ1) is 11.6. The number of aromatic nitrogens is 1. The Kier molecular flexibility index (Phi) is 3.10. The molecule has 0 unspecified atom stereocenters. The van der Waals surface area contributed by atoms with Crippen molar-refractivity contribution in [3.8, 4) is 11.8 Å². The molecule has 1 aromatic heterocycles. The van der Waals surface area contributed by atoms with Gasteiger partial charge in [0.15, 0.2) is 0 Å². The summed E-state index contributed by atoms with van der Waals surface area (Å²) in [6.07, 6.45) is 0.869. The van der Waals surface area contributed by atoms with Crippen LogP contribution in [0.3, 0.4) is 0 Å². The smallest absolute Gasteiger partial charge is 0.120 e. The monoisotopic (exact) mass is 226 g/mol. The molecule has 0 saturated heterocycles. The van der Waals surface area contributed by atoms with Gasteiger partial charge < -0.3 is 9.30 Å². The Morgan fingerprint density at radius 2 is 2.24 bits per heavy atom. The molecule has 0 fully saturated rings. The van der Waals surface area contributed by atoms with Crippen molar-refractivity contribution in [1.82, 2.24) is 4.57 Å². The van der Waals surface area contributed by atoms with Gasteiger partial charge in [-0.2, -0.15) is 5.26 Å². The summed E-state index contributed by atoms with van der Waals surface area (Å²) in [6, 6.07) is 8.19. The molecule has 0 aliphatic heterocycles. The van der Waals surface area contributed by atoms with Crippen LogP contribution in [0.15, 0.2) is 18.2 Å². The minimum atomic E-state index is 0.798.